The maximum atomic E-state index is 12.3. The van der Waals surface area contributed by atoms with Crippen LogP contribution in [0, 0.1) is 0 Å². The van der Waals surface area contributed by atoms with Gasteiger partial charge in [0, 0.05) is 22.1 Å². The lowest BCUT2D eigenvalue weighted by Gasteiger charge is -2.05. The molecule has 1 aliphatic rings. The molecule has 0 aliphatic heterocycles. The van der Waals surface area contributed by atoms with E-state index in [-0.39, 0.29) is 11.8 Å². The molecule has 4 rings (SSSR count). The predicted molar refractivity (Wildman–Crippen MR) is 121 cm³/mol. The van der Waals surface area contributed by atoms with Gasteiger partial charge in [0.2, 0.25) is 11.8 Å². The Labute approximate surface area is 182 Å². The van der Waals surface area contributed by atoms with E-state index in [4.69, 9.17) is 0 Å². The van der Waals surface area contributed by atoms with E-state index >= 15 is 0 Å². The van der Waals surface area contributed by atoms with Gasteiger partial charge in [-0.25, -0.2) is 4.98 Å². The van der Waals surface area contributed by atoms with Gasteiger partial charge in [-0.1, -0.05) is 6.07 Å². The number of benzene rings is 1. The molecular formula is C21H21N3O2S3. The Kier molecular flexibility index (Phi) is 6.32. The van der Waals surface area contributed by atoms with Crippen LogP contribution in [0.15, 0.2) is 40.6 Å². The van der Waals surface area contributed by atoms with Gasteiger partial charge >= 0.3 is 0 Å². The van der Waals surface area contributed by atoms with Crippen LogP contribution in [0.4, 0.5) is 5.13 Å². The lowest BCUT2D eigenvalue weighted by atomic mass is 10.1. The molecular weight excluding hydrogens is 422 g/mol. The Balaban J connectivity index is 1.30. The van der Waals surface area contributed by atoms with Crippen molar-refractivity contribution in [3.05, 3.63) is 51.7 Å². The standard InChI is InChI=1S/C21H21N3O2S3/c1-13(25)22-10-17-7-8-19(29-17)18-11-28-21(23-18)24-20(26)12-27-16-6-5-14-3-2-4-15(14)9-16/h5-9,11H,2-4,10,12H2,1H3,(H,22,25)(H,23,24,26). The molecule has 1 aromatic carbocycles. The minimum atomic E-state index is -0.0473. The number of fused-ring (bicyclic) bond motifs is 1. The fourth-order valence-electron chi connectivity index (χ4n) is 3.21. The van der Waals surface area contributed by atoms with Crippen LogP contribution >= 0.6 is 34.4 Å². The molecule has 0 saturated carbocycles. The summed E-state index contributed by atoms with van der Waals surface area (Å²) >= 11 is 4.57. The van der Waals surface area contributed by atoms with Crippen molar-refractivity contribution in [3.8, 4) is 10.6 Å². The number of hydrogen-bond donors (Lipinski definition) is 2. The fourth-order valence-corrected chi connectivity index (χ4v) is 5.68. The zero-order valence-corrected chi connectivity index (χ0v) is 18.4. The Bertz CT molecular complexity index is 1040. The number of nitrogens with zero attached hydrogens (tertiary/aromatic N) is 1. The summed E-state index contributed by atoms with van der Waals surface area (Å²) in [6, 6.07) is 10.5. The van der Waals surface area contributed by atoms with Crippen LogP contribution in [-0.2, 0) is 29.0 Å². The van der Waals surface area contributed by atoms with E-state index in [1.165, 1.54) is 42.2 Å². The van der Waals surface area contributed by atoms with E-state index in [0.717, 1.165) is 26.8 Å². The molecule has 2 amide bonds. The van der Waals surface area contributed by atoms with Crippen LogP contribution in [0.5, 0.6) is 0 Å². The Morgan fingerprint density at radius 3 is 2.90 bits per heavy atom. The van der Waals surface area contributed by atoms with Crippen LogP contribution in [0.3, 0.4) is 0 Å². The molecule has 5 nitrogen and oxygen atoms in total. The van der Waals surface area contributed by atoms with Gasteiger partial charge in [-0.3, -0.25) is 9.59 Å². The minimum Gasteiger partial charge on any atom is -0.351 e. The number of amides is 2. The number of aromatic nitrogens is 1. The molecule has 8 heteroatoms. The fraction of sp³-hybridized carbons (Fsp3) is 0.286. The van der Waals surface area contributed by atoms with Crippen molar-refractivity contribution in [1.82, 2.24) is 10.3 Å². The SMILES string of the molecule is CC(=O)NCc1ccc(-c2csc(NC(=O)CSc3ccc4c(c3)CCC4)n2)s1. The van der Waals surface area contributed by atoms with Gasteiger partial charge in [-0.2, -0.15) is 0 Å². The van der Waals surface area contributed by atoms with E-state index in [1.54, 1.807) is 23.1 Å². The second-order valence-electron chi connectivity index (χ2n) is 6.83. The van der Waals surface area contributed by atoms with Gasteiger partial charge in [-0.05, 0) is 54.7 Å². The quantitative estimate of drug-likeness (QED) is 0.518. The second kappa shape index (κ2) is 9.11. The number of hydrogen-bond acceptors (Lipinski definition) is 6. The molecule has 0 atom stereocenters. The van der Waals surface area contributed by atoms with E-state index in [9.17, 15) is 9.59 Å². The van der Waals surface area contributed by atoms with Crippen LogP contribution in [0.1, 0.15) is 29.3 Å². The molecule has 0 spiro atoms. The zero-order chi connectivity index (χ0) is 20.2. The number of nitrogens with one attached hydrogen (secondary N) is 2. The number of thiophene rings is 1. The van der Waals surface area contributed by atoms with Crippen molar-refractivity contribution in [2.24, 2.45) is 0 Å². The normalized spacial score (nSPS) is 12.6. The summed E-state index contributed by atoms with van der Waals surface area (Å²) in [6.07, 6.45) is 3.55. The van der Waals surface area contributed by atoms with Crippen molar-refractivity contribution in [2.75, 3.05) is 11.1 Å². The van der Waals surface area contributed by atoms with Crippen molar-refractivity contribution in [3.63, 3.8) is 0 Å². The Hall–Kier alpha value is -2.16. The van der Waals surface area contributed by atoms with E-state index < -0.39 is 0 Å². The Morgan fingerprint density at radius 1 is 1.17 bits per heavy atom. The number of anilines is 1. The summed E-state index contributed by atoms with van der Waals surface area (Å²) in [5, 5.41) is 8.24. The molecule has 0 saturated heterocycles. The molecule has 0 unspecified atom stereocenters. The van der Waals surface area contributed by atoms with Crippen LogP contribution in [-0.4, -0.2) is 22.6 Å². The molecule has 1 aliphatic carbocycles. The monoisotopic (exact) mass is 443 g/mol. The number of thiazole rings is 1. The van der Waals surface area contributed by atoms with Gasteiger partial charge in [0.05, 0.1) is 22.9 Å². The molecule has 150 valence electrons. The predicted octanol–water partition coefficient (Wildman–Crippen LogP) is 4.73. The number of carbonyl (C=O) groups is 2. The number of carbonyl (C=O) groups excluding carboxylic acids is 2. The van der Waals surface area contributed by atoms with E-state index in [0.29, 0.717) is 17.4 Å². The molecule has 2 heterocycles. The smallest absolute Gasteiger partial charge is 0.236 e. The molecule has 0 fully saturated rings. The van der Waals surface area contributed by atoms with Gasteiger partial charge in [0.1, 0.15) is 0 Å². The van der Waals surface area contributed by atoms with E-state index in [1.807, 2.05) is 17.5 Å². The van der Waals surface area contributed by atoms with E-state index in [2.05, 4.69) is 33.8 Å². The second-order valence-corrected chi connectivity index (χ2v) is 9.91. The van der Waals surface area contributed by atoms with Crippen molar-refractivity contribution in [2.45, 2.75) is 37.6 Å². The third-order valence-corrected chi connectivity index (χ3v) is 7.48. The summed E-state index contributed by atoms with van der Waals surface area (Å²) in [7, 11) is 0. The van der Waals surface area contributed by atoms with Gasteiger partial charge in [0.15, 0.2) is 5.13 Å². The van der Waals surface area contributed by atoms with Gasteiger partial charge in [0.25, 0.3) is 0 Å². The first kappa shape index (κ1) is 20.1. The van der Waals surface area contributed by atoms with Gasteiger partial charge < -0.3 is 10.6 Å². The number of aryl methyl sites for hydroxylation is 2. The Morgan fingerprint density at radius 2 is 2.03 bits per heavy atom. The third kappa shape index (κ3) is 5.26. The summed E-state index contributed by atoms with van der Waals surface area (Å²) < 4.78 is 0. The first-order valence-electron chi connectivity index (χ1n) is 9.40. The van der Waals surface area contributed by atoms with Crippen molar-refractivity contribution >= 4 is 51.4 Å². The highest BCUT2D eigenvalue weighted by Crippen LogP contribution is 2.31. The first-order chi connectivity index (χ1) is 14.1. The largest absolute Gasteiger partial charge is 0.351 e. The zero-order valence-electron chi connectivity index (χ0n) is 16.0. The molecule has 3 aromatic rings. The highest BCUT2D eigenvalue weighted by Gasteiger charge is 2.13. The molecule has 0 radical (unpaired) electrons. The lowest BCUT2D eigenvalue weighted by Crippen LogP contribution is -2.17. The molecule has 2 N–H and O–H groups in total. The summed E-state index contributed by atoms with van der Waals surface area (Å²) in [6.45, 7) is 2.03. The minimum absolute atomic E-state index is 0.0450. The molecule has 29 heavy (non-hydrogen) atoms. The molecule has 0 bridgehead atoms. The van der Waals surface area contributed by atoms with Crippen molar-refractivity contribution in [1.29, 1.82) is 0 Å². The average Bonchev–Trinajstić information content (AvgIpc) is 3.44. The topological polar surface area (TPSA) is 71.1 Å². The summed E-state index contributed by atoms with van der Waals surface area (Å²) in [4.78, 5) is 31.1. The maximum absolute atomic E-state index is 12.3. The maximum Gasteiger partial charge on any atom is 0.236 e. The number of rotatable bonds is 7. The van der Waals surface area contributed by atoms with Crippen molar-refractivity contribution < 1.29 is 9.59 Å². The van der Waals surface area contributed by atoms with Crippen LogP contribution in [0.2, 0.25) is 0 Å². The average molecular weight is 444 g/mol. The number of thioether (sulfide) groups is 1. The first-order valence-corrected chi connectivity index (χ1v) is 12.1. The molecule has 2 aromatic heterocycles. The highest BCUT2D eigenvalue weighted by molar-refractivity contribution is 8.00. The van der Waals surface area contributed by atoms with Crippen LogP contribution in [0.25, 0.3) is 10.6 Å². The highest BCUT2D eigenvalue weighted by atomic mass is 32.2. The van der Waals surface area contributed by atoms with Gasteiger partial charge in [-0.15, -0.1) is 34.4 Å². The van der Waals surface area contributed by atoms with Crippen LogP contribution < -0.4 is 10.6 Å². The summed E-state index contributed by atoms with van der Waals surface area (Å²) in [5.74, 6) is 0.276. The third-order valence-electron chi connectivity index (χ3n) is 4.62. The summed E-state index contributed by atoms with van der Waals surface area (Å²) in [5.41, 5.74) is 3.72. The lowest BCUT2D eigenvalue weighted by molar-refractivity contribution is -0.119.